The van der Waals surface area contributed by atoms with Gasteiger partial charge in [0.2, 0.25) is 0 Å². The van der Waals surface area contributed by atoms with Crippen LogP contribution in [0.1, 0.15) is 20.8 Å². The van der Waals surface area contributed by atoms with Gasteiger partial charge in [0.15, 0.2) is 18.3 Å². The quantitative estimate of drug-likeness (QED) is 0.374. The van der Waals surface area contributed by atoms with Gasteiger partial charge in [0.1, 0.15) is 0 Å². The third kappa shape index (κ3) is 5.35. The molecular weight excluding hydrogens is 427 g/mol. The monoisotopic (exact) mass is 456 g/mol. The minimum absolute atomic E-state index is 0.0711. The van der Waals surface area contributed by atoms with Crippen molar-refractivity contribution in [2.24, 2.45) is 0 Å². The van der Waals surface area contributed by atoms with Gasteiger partial charge in [-0.15, -0.1) is 0 Å². The molecule has 0 amide bonds. The van der Waals surface area contributed by atoms with Crippen molar-refractivity contribution in [3.63, 3.8) is 0 Å². The molecule has 3 rings (SSSR count). The Balaban J connectivity index is 2.38. The second kappa shape index (κ2) is 10.4. The standard InChI is InChI=1S/C25H29O4PS/c1-25(2,3)31(26)22-17-16-21(28-5)23(29-18-27-4)24(22)30(19-12-8-6-9-13-19)20-14-10-7-11-15-20/h6-17H,18H2,1-5H3. The molecule has 164 valence electrons. The lowest BCUT2D eigenvalue weighted by Gasteiger charge is -2.28. The fourth-order valence-corrected chi connectivity index (χ4v) is 7.28. The van der Waals surface area contributed by atoms with E-state index in [0.717, 1.165) is 20.8 Å². The summed E-state index contributed by atoms with van der Waals surface area (Å²) in [7, 11) is 0.875. The first-order valence-corrected chi connectivity index (χ1v) is 12.5. The van der Waals surface area contributed by atoms with Crippen LogP contribution < -0.4 is 25.4 Å². The van der Waals surface area contributed by atoms with Crippen LogP contribution in [0.5, 0.6) is 11.5 Å². The van der Waals surface area contributed by atoms with E-state index < -0.39 is 23.5 Å². The van der Waals surface area contributed by atoms with Crippen molar-refractivity contribution in [2.45, 2.75) is 30.4 Å². The van der Waals surface area contributed by atoms with Gasteiger partial charge in [0.05, 0.1) is 22.8 Å². The Hall–Kier alpha value is -2.20. The minimum atomic E-state index is -1.27. The van der Waals surface area contributed by atoms with Crippen LogP contribution >= 0.6 is 7.92 Å². The molecule has 0 aliphatic heterocycles. The molecule has 3 aromatic carbocycles. The largest absolute Gasteiger partial charge is 0.493 e. The van der Waals surface area contributed by atoms with Crippen LogP contribution in [0.2, 0.25) is 0 Å². The van der Waals surface area contributed by atoms with Gasteiger partial charge < -0.3 is 14.2 Å². The lowest BCUT2D eigenvalue weighted by Crippen LogP contribution is -2.30. The number of hydrogen-bond acceptors (Lipinski definition) is 4. The van der Waals surface area contributed by atoms with Crippen LogP contribution in [0.3, 0.4) is 0 Å². The lowest BCUT2D eigenvalue weighted by molar-refractivity contribution is 0.0498. The summed E-state index contributed by atoms with van der Waals surface area (Å²) in [5.41, 5.74) is 0. The van der Waals surface area contributed by atoms with Crippen molar-refractivity contribution in [1.29, 1.82) is 0 Å². The molecule has 4 nitrogen and oxygen atoms in total. The summed E-state index contributed by atoms with van der Waals surface area (Å²) in [4.78, 5) is 0.762. The molecule has 0 saturated heterocycles. The molecule has 1 unspecified atom stereocenters. The Bertz CT molecular complexity index is 977. The highest BCUT2D eigenvalue weighted by atomic mass is 32.2. The van der Waals surface area contributed by atoms with E-state index in [9.17, 15) is 4.21 Å². The summed E-state index contributed by atoms with van der Waals surface area (Å²) in [5.74, 6) is 1.18. The number of ether oxygens (including phenoxy) is 3. The molecule has 0 aromatic heterocycles. The zero-order chi connectivity index (χ0) is 22.4. The maximum atomic E-state index is 13.7. The Labute approximate surface area is 188 Å². The van der Waals surface area contributed by atoms with E-state index in [0.29, 0.717) is 11.5 Å². The molecule has 0 heterocycles. The van der Waals surface area contributed by atoms with E-state index in [1.165, 1.54) is 0 Å². The molecule has 0 spiro atoms. The molecular formula is C25H29O4PS. The first-order valence-electron chi connectivity index (χ1n) is 10.0. The Kier molecular flexibility index (Phi) is 7.88. The average molecular weight is 457 g/mol. The second-order valence-electron chi connectivity index (χ2n) is 7.88. The number of rotatable bonds is 8. The van der Waals surface area contributed by atoms with Crippen molar-refractivity contribution < 1.29 is 18.4 Å². The van der Waals surface area contributed by atoms with Gasteiger partial charge in [-0.25, -0.2) is 0 Å². The maximum Gasteiger partial charge on any atom is 0.188 e. The summed E-state index contributed by atoms with van der Waals surface area (Å²) < 4.78 is 30.2. The Morgan fingerprint density at radius 3 is 1.84 bits per heavy atom. The first-order chi connectivity index (χ1) is 14.9. The summed E-state index contributed by atoms with van der Waals surface area (Å²) in [5, 5.41) is 3.19. The van der Waals surface area contributed by atoms with Crippen LogP contribution in [0.25, 0.3) is 0 Å². The third-order valence-corrected chi connectivity index (χ3v) is 9.13. The fourth-order valence-electron chi connectivity index (χ4n) is 3.21. The van der Waals surface area contributed by atoms with E-state index in [4.69, 9.17) is 14.2 Å². The highest BCUT2D eigenvalue weighted by Crippen LogP contribution is 2.43. The van der Waals surface area contributed by atoms with E-state index in [1.54, 1.807) is 14.2 Å². The lowest BCUT2D eigenvalue weighted by atomic mass is 10.3. The third-order valence-electron chi connectivity index (χ3n) is 4.61. The summed E-state index contributed by atoms with van der Waals surface area (Å²) in [6, 6.07) is 24.3. The molecule has 0 bridgehead atoms. The van der Waals surface area contributed by atoms with Crippen LogP contribution in [0.15, 0.2) is 77.7 Å². The Morgan fingerprint density at radius 1 is 0.839 bits per heavy atom. The predicted molar refractivity (Wildman–Crippen MR) is 130 cm³/mol. The van der Waals surface area contributed by atoms with Gasteiger partial charge in [-0.05, 0) is 51.4 Å². The molecule has 6 heteroatoms. The van der Waals surface area contributed by atoms with Crippen molar-refractivity contribution >= 4 is 34.6 Å². The SMILES string of the molecule is COCOc1c(OC)ccc(S(=O)C(C)(C)C)c1P(c1ccccc1)c1ccccc1. The van der Waals surface area contributed by atoms with E-state index in [2.05, 4.69) is 24.3 Å². The smallest absolute Gasteiger partial charge is 0.188 e. The molecule has 0 aliphatic rings. The number of methoxy groups -OCH3 is 2. The number of benzene rings is 3. The molecule has 0 N–H and O–H groups in total. The summed E-state index contributed by atoms with van der Waals surface area (Å²) in [6.07, 6.45) is 0. The highest BCUT2D eigenvalue weighted by Gasteiger charge is 2.32. The van der Waals surface area contributed by atoms with Gasteiger partial charge in [-0.1, -0.05) is 60.7 Å². The molecule has 31 heavy (non-hydrogen) atoms. The van der Waals surface area contributed by atoms with Gasteiger partial charge in [0, 0.05) is 17.2 Å². The fraction of sp³-hybridized carbons (Fsp3) is 0.280. The van der Waals surface area contributed by atoms with E-state index in [-0.39, 0.29) is 6.79 Å². The van der Waals surface area contributed by atoms with Crippen molar-refractivity contribution in [2.75, 3.05) is 21.0 Å². The molecule has 0 fully saturated rings. The Morgan fingerprint density at radius 2 is 1.39 bits per heavy atom. The molecule has 3 aromatic rings. The minimum Gasteiger partial charge on any atom is -0.493 e. The van der Waals surface area contributed by atoms with Gasteiger partial charge in [-0.2, -0.15) is 0 Å². The van der Waals surface area contributed by atoms with Gasteiger partial charge in [-0.3, -0.25) is 4.21 Å². The first kappa shape index (κ1) is 23.5. The van der Waals surface area contributed by atoms with Crippen molar-refractivity contribution in [3.8, 4) is 11.5 Å². The average Bonchev–Trinajstić information content (AvgIpc) is 2.78. The zero-order valence-corrected chi connectivity index (χ0v) is 20.3. The highest BCUT2D eigenvalue weighted by molar-refractivity contribution is 7.88. The van der Waals surface area contributed by atoms with Crippen LogP contribution in [-0.2, 0) is 15.5 Å². The van der Waals surface area contributed by atoms with Crippen LogP contribution in [0.4, 0.5) is 0 Å². The molecule has 0 radical (unpaired) electrons. The molecule has 0 aliphatic carbocycles. The summed E-state index contributed by atoms with van der Waals surface area (Å²) in [6.45, 7) is 6.03. The van der Waals surface area contributed by atoms with Gasteiger partial charge in [0.25, 0.3) is 0 Å². The normalized spacial score (nSPS) is 12.6. The van der Waals surface area contributed by atoms with Crippen LogP contribution in [0, 0.1) is 0 Å². The van der Waals surface area contributed by atoms with Gasteiger partial charge >= 0.3 is 0 Å². The molecule has 0 saturated carbocycles. The van der Waals surface area contributed by atoms with Crippen molar-refractivity contribution in [1.82, 2.24) is 0 Å². The maximum absolute atomic E-state index is 13.7. The van der Waals surface area contributed by atoms with E-state index >= 15 is 0 Å². The number of hydrogen-bond donors (Lipinski definition) is 0. The summed E-state index contributed by atoms with van der Waals surface area (Å²) >= 11 is 0. The zero-order valence-electron chi connectivity index (χ0n) is 18.6. The van der Waals surface area contributed by atoms with E-state index in [1.807, 2.05) is 69.3 Å². The van der Waals surface area contributed by atoms with Crippen LogP contribution in [-0.4, -0.2) is 30.0 Å². The van der Waals surface area contributed by atoms with Crippen molar-refractivity contribution in [3.05, 3.63) is 72.8 Å². The predicted octanol–water partition coefficient (Wildman–Crippen LogP) is 4.34. The topological polar surface area (TPSA) is 44.8 Å². The second-order valence-corrected chi connectivity index (χ2v) is 12.2. The molecule has 1 atom stereocenters.